The third-order valence-electron chi connectivity index (χ3n) is 2.46. The number of halogens is 1. The summed E-state index contributed by atoms with van der Waals surface area (Å²) in [4.78, 5) is 20.3. The standard InChI is InChI=1S/C9H10ClN3O2/c10-7-3-11-8(12-4-7)6-1-2-13(5-6)9(14)15/h3-4,6H,1-2,5H2,(H,14,15). The average Bonchev–Trinajstić information content (AvgIpc) is 2.68. The van der Waals surface area contributed by atoms with Crippen LogP contribution in [0.15, 0.2) is 12.4 Å². The summed E-state index contributed by atoms with van der Waals surface area (Å²) in [5.41, 5.74) is 0. The van der Waals surface area contributed by atoms with Crippen molar-refractivity contribution in [2.45, 2.75) is 12.3 Å². The van der Waals surface area contributed by atoms with Crippen LogP contribution < -0.4 is 0 Å². The molecule has 2 heterocycles. The Morgan fingerprint density at radius 3 is 2.73 bits per heavy atom. The first-order valence-corrected chi connectivity index (χ1v) is 5.00. The second kappa shape index (κ2) is 4.02. The number of likely N-dealkylation sites (tertiary alicyclic amines) is 1. The van der Waals surface area contributed by atoms with Crippen molar-refractivity contribution in [3.05, 3.63) is 23.2 Å². The molecule has 1 aliphatic rings. The van der Waals surface area contributed by atoms with Gasteiger partial charge in [-0.3, -0.25) is 0 Å². The second-order valence-electron chi connectivity index (χ2n) is 3.47. The Hall–Kier alpha value is -1.36. The third kappa shape index (κ3) is 2.18. The summed E-state index contributed by atoms with van der Waals surface area (Å²) in [6.45, 7) is 1.02. The molecule has 0 saturated carbocycles. The maximum atomic E-state index is 10.7. The van der Waals surface area contributed by atoms with Crippen LogP contribution in [0.25, 0.3) is 0 Å². The summed E-state index contributed by atoms with van der Waals surface area (Å²) in [6.07, 6.45) is 2.96. The molecule has 0 spiro atoms. The van der Waals surface area contributed by atoms with E-state index in [-0.39, 0.29) is 5.92 Å². The van der Waals surface area contributed by atoms with Gasteiger partial charge in [-0.1, -0.05) is 11.6 Å². The number of rotatable bonds is 1. The Balaban J connectivity index is 2.07. The molecular weight excluding hydrogens is 218 g/mol. The first kappa shape index (κ1) is 10.2. The average molecular weight is 228 g/mol. The van der Waals surface area contributed by atoms with E-state index in [4.69, 9.17) is 16.7 Å². The number of carbonyl (C=O) groups is 1. The summed E-state index contributed by atoms with van der Waals surface area (Å²) >= 11 is 5.67. The third-order valence-corrected chi connectivity index (χ3v) is 2.66. The molecule has 1 aromatic heterocycles. The Morgan fingerprint density at radius 2 is 2.20 bits per heavy atom. The molecule has 6 heteroatoms. The predicted molar refractivity (Wildman–Crippen MR) is 54.0 cm³/mol. The van der Waals surface area contributed by atoms with Gasteiger partial charge in [0.25, 0.3) is 0 Å². The molecule has 2 rings (SSSR count). The Labute approximate surface area is 91.7 Å². The fourth-order valence-corrected chi connectivity index (χ4v) is 1.78. The fourth-order valence-electron chi connectivity index (χ4n) is 1.68. The van der Waals surface area contributed by atoms with E-state index in [1.165, 1.54) is 17.3 Å². The van der Waals surface area contributed by atoms with Crippen molar-refractivity contribution in [1.29, 1.82) is 0 Å². The highest BCUT2D eigenvalue weighted by molar-refractivity contribution is 6.30. The van der Waals surface area contributed by atoms with Crippen molar-refractivity contribution in [3.63, 3.8) is 0 Å². The van der Waals surface area contributed by atoms with E-state index in [1.807, 2.05) is 0 Å². The smallest absolute Gasteiger partial charge is 0.407 e. The summed E-state index contributed by atoms with van der Waals surface area (Å²) in [6, 6.07) is 0. The Bertz CT molecular complexity index is 368. The summed E-state index contributed by atoms with van der Waals surface area (Å²) in [5.74, 6) is 0.765. The lowest BCUT2D eigenvalue weighted by Gasteiger charge is -2.10. The fraction of sp³-hybridized carbons (Fsp3) is 0.444. The summed E-state index contributed by atoms with van der Waals surface area (Å²) < 4.78 is 0. The summed E-state index contributed by atoms with van der Waals surface area (Å²) in [7, 11) is 0. The summed E-state index contributed by atoms with van der Waals surface area (Å²) in [5, 5.41) is 9.28. The molecular formula is C9H10ClN3O2. The molecule has 0 aliphatic carbocycles. The minimum absolute atomic E-state index is 0.0957. The SMILES string of the molecule is O=C(O)N1CCC(c2ncc(Cl)cn2)C1. The van der Waals surface area contributed by atoms with Crippen molar-refractivity contribution in [2.24, 2.45) is 0 Å². The molecule has 5 nitrogen and oxygen atoms in total. The highest BCUT2D eigenvalue weighted by Gasteiger charge is 2.28. The lowest BCUT2D eigenvalue weighted by molar-refractivity contribution is 0.155. The van der Waals surface area contributed by atoms with Gasteiger partial charge >= 0.3 is 6.09 Å². The van der Waals surface area contributed by atoms with E-state index in [0.717, 1.165) is 6.42 Å². The van der Waals surface area contributed by atoms with Crippen LogP contribution in [0, 0.1) is 0 Å². The van der Waals surface area contributed by atoms with E-state index in [2.05, 4.69) is 9.97 Å². The van der Waals surface area contributed by atoms with Crippen LogP contribution in [-0.4, -0.2) is 39.2 Å². The van der Waals surface area contributed by atoms with Crippen LogP contribution >= 0.6 is 11.6 Å². The Morgan fingerprint density at radius 1 is 1.53 bits per heavy atom. The molecule has 1 saturated heterocycles. The highest BCUT2D eigenvalue weighted by atomic mass is 35.5. The predicted octanol–water partition coefficient (Wildman–Crippen LogP) is 1.60. The van der Waals surface area contributed by atoms with E-state index in [9.17, 15) is 4.79 Å². The van der Waals surface area contributed by atoms with Crippen molar-refractivity contribution in [1.82, 2.24) is 14.9 Å². The maximum Gasteiger partial charge on any atom is 0.407 e. The van der Waals surface area contributed by atoms with Gasteiger partial charge in [0.2, 0.25) is 0 Å². The zero-order chi connectivity index (χ0) is 10.8. The first-order valence-electron chi connectivity index (χ1n) is 4.62. The maximum absolute atomic E-state index is 10.7. The van der Waals surface area contributed by atoms with E-state index in [1.54, 1.807) is 0 Å². The van der Waals surface area contributed by atoms with Gasteiger partial charge in [-0.05, 0) is 6.42 Å². The van der Waals surface area contributed by atoms with Gasteiger partial charge in [0, 0.05) is 31.4 Å². The van der Waals surface area contributed by atoms with Gasteiger partial charge in [0.1, 0.15) is 5.82 Å². The molecule has 0 radical (unpaired) electrons. The number of carboxylic acid groups (broad SMARTS) is 1. The monoisotopic (exact) mass is 227 g/mol. The van der Waals surface area contributed by atoms with Crippen LogP contribution in [0.5, 0.6) is 0 Å². The van der Waals surface area contributed by atoms with Crippen LogP contribution in [0.2, 0.25) is 5.02 Å². The van der Waals surface area contributed by atoms with Crippen molar-refractivity contribution in [3.8, 4) is 0 Å². The van der Waals surface area contributed by atoms with Crippen molar-refractivity contribution in [2.75, 3.05) is 13.1 Å². The largest absolute Gasteiger partial charge is 0.465 e. The number of hydrogen-bond acceptors (Lipinski definition) is 3. The van der Waals surface area contributed by atoms with E-state index < -0.39 is 6.09 Å². The molecule has 15 heavy (non-hydrogen) atoms. The van der Waals surface area contributed by atoms with Crippen LogP contribution in [-0.2, 0) is 0 Å². The van der Waals surface area contributed by atoms with Gasteiger partial charge in [0.15, 0.2) is 0 Å². The van der Waals surface area contributed by atoms with E-state index >= 15 is 0 Å². The number of aromatic nitrogens is 2. The minimum atomic E-state index is -0.883. The van der Waals surface area contributed by atoms with Gasteiger partial charge in [0.05, 0.1) is 5.02 Å². The van der Waals surface area contributed by atoms with Crippen LogP contribution in [0.3, 0.4) is 0 Å². The van der Waals surface area contributed by atoms with Crippen molar-refractivity contribution >= 4 is 17.7 Å². The highest BCUT2D eigenvalue weighted by Crippen LogP contribution is 2.24. The Kier molecular flexibility index (Phi) is 2.73. The molecule has 1 atom stereocenters. The van der Waals surface area contributed by atoms with Gasteiger partial charge in [-0.25, -0.2) is 14.8 Å². The molecule has 0 aromatic carbocycles. The number of hydrogen-bond donors (Lipinski definition) is 1. The topological polar surface area (TPSA) is 66.3 Å². The first-order chi connectivity index (χ1) is 7.16. The minimum Gasteiger partial charge on any atom is -0.465 e. The number of amides is 1. The molecule has 1 aromatic rings. The molecule has 0 bridgehead atoms. The van der Waals surface area contributed by atoms with Crippen LogP contribution in [0.1, 0.15) is 18.2 Å². The van der Waals surface area contributed by atoms with Crippen LogP contribution in [0.4, 0.5) is 4.79 Å². The van der Waals surface area contributed by atoms with Crippen molar-refractivity contribution < 1.29 is 9.90 Å². The second-order valence-corrected chi connectivity index (χ2v) is 3.91. The van der Waals surface area contributed by atoms with Gasteiger partial charge in [-0.2, -0.15) is 0 Å². The zero-order valence-electron chi connectivity index (χ0n) is 7.93. The molecule has 1 fully saturated rings. The van der Waals surface area contributed by atoms with Gasteiger partial charge in [-0.15, -0.1) is 0 Å². The molecule has 1 amide bonds. The van der Waals surface area contributed by atoms with E-state index in [0.29, 0.717) is 23.9 Å². The zero-order valence-corrected chi connectivity index (χ0v) is 8.68. The molecule has 1 N–H and O–H groups in total. The quantitative estimate of drug-likeness (QED) is 0.791. The lowest BCUT2D eigenvalue weighted by Crippen LogP contribution is -2.26. The normalized spacial score (nSPS) is 20.6. The molecule has 1 unspecified atom stereocenters. The van der Waals surface area contributed by atoms with Gasteiger partial charge < -0.3 is 10.0 Å². The molecule has 1 aliphatic heterocycles. The lowest BCUT2D eigenvalue weighted by atomic mass is 10.1. The number of nitrogens with zero attached hydrogens (tertiary/aromatic N) is 3. The molecule has 80 valence electrons.